The monoisotopic (exact) mass is 380 g/mol. The zero-order chi connectivity index (χ0) is 18.6. The number of nitrogens with zero attached hydrogens (tertiary/aromatic N) is 1. The summed E-state index contributed by atoms with van der Waals surface area (Å²) in [7, 11) is -2.09. The van der Waals surface area contributed by atoms with E-state index in [1.807, 2.05) is 0 Å². The molecule has 0 spiro atoms. The van der Waals surface area contributed by atoms with Crippen molar-refractivity contribution in [1.29, 1.82) is 0 Å². The van der Waals surface area contributed by atoms with E-state index in [4.69, 9.17) is 4.74 Å². The summed E-state index contributed by atoms with van der Waals surface area (Å²) in [6.07, 6.45) is 8.20. The topological polar surface area (TPSA) is 75.7 Å². The largest absolute Gasteiger partial charge is 0.496 e. The molecule has 1 saturated heterocycles. The summed E-state index contributed by atoms with van der Waals surface area (Å²) in [5.74, 6) is 0.139. The van der Waals surface area contributed by atoms with Crippen LogP contribution < -0.4 is 10.1 Å². The lowest BCUT2D eigenvalue weighted by molar-refractivity contribution is 0.0924. The molecule has 2 aliphatic rings. The molecule has 1 N–H and O–H groups in total. The maximum Gasteiger partial charge on any atom is 0.255 e. The maximum absolute atomic E-state index is 12.9. The first-order valence-corrected chi connectivity index (χ1v) is 11.0. The fraction of sp³-hybridized carbons (Fsp3) is 0.632. The molecule has 1 aromatic carbocycles. The van der Waals surface area contributed by atoms with Gasteiger partial charge in [0.1, 0.15) is 5.75 Å². The van der Waals surface area contributed by atoms with Crippen LogP contribution in [0.5, 0.6) is 5.75 Å². The van der Waals surface area contributed by atoms with Gasteiger partial charge in [-0.05, 0) is 43.9 Å². The minimum absolute atomic E-state index is 0.156. The van der Waals surface area contributed by atoms with E-state index in [9.17, 15) is 13.2 Å². The van der Waals surface area contributed by atoms with Crippen molar-refractivity contribution in [2.75, 3.05) is 20.2 Å². The summed E-state index contributed by atoms with van der Waals surface area (Å²) in [6, 6.07) is 4.72. The Kier molecular flexibility index (Phi) is 6.19. The van der Waals surface area contributed by atoms with Crippen LogP contribution in [0.3, 0.4) is 0 Å². The summed E-state index contributed by atoms with van der Waals surface area (Å²) in [4.78, 5) is 12.9. The van der Waals surface area contributed by atoms with Crippen molar-refractivity contribution in [3.63, 3.8) is 0 Å². The Morgan fingerprint density at radius 3 is 2.38 bits per heavy atom. The highest BCUT2D eigenvalue weighted by Gasteiger charge is 2.28. The predicted octanol–water partition coefficient (Wildman–Crippen LogP) is 2.93. The maximum atomic E-state index is 12.9. The van der Waals surface area contributed by atoms with Crippen LogP contribution in [0.15, 0.2) is 23.1 Å². The van der Waals surface area contributed by atoms with Crippen LogP contribution in [-0.2, 0) is 10.0 Å². The highest BCUT2D eigenvalue weighted by Crippen LogP contribution is 2.27. The van der Waals surface area contributed by atoms with Gasteiger partial charge in [0.05, 0.1) is 17.6 Å². The molecule has 1 amide bonds. The van der Waals surface area contributed by atoms with Crippen LogP contribution in [0.1, 0.15) is 61.7 Å². The van der Waals surface area contributed by atoms with Crippen molar-refractivity contribution in [2.24, 2.45) is 0 Å². The fourth-order valence-electron chi connectivity index (χ4n) is 3.79. The van der Waals surface area contributed by atoms with Gasteiger partial charge < -0.3 is 10.1 Å². The number of ether oxygens (including phenoxy) is 1. The fourth-order valence-corrected chi connectivity index (χ4v) is 5.33. The number of rotatable bonds is 5. The third-order valence-corrected chi connectivity index (χ3v) is 7.20. The van der Waals surface area contributed by atoms with E-state index in [0.717, 1.165) is 44.9 Å². The van der Waals surface area contributed by atoms with Crippen LogP contribution in [0.2, 0.25) is 0 Å². The first kappa shape index (κ1) is 19.2. The number of methoxy groups -OCH3 is 1. The van der Waals surface area contributed by atoms with Crippen molar-refractivity contribution in [3.8, 4) is 5.75 Å². The van der Waals surface area contributed by atoms with E-state index in [0.29, 0.717) is 18.8 Å². The Hall–Kier alpha value is -1.60. The molecule has 0 radical (unpaired) electrons. The van der Waals surface area contributed by atoms with Gasteiger partial charge in [0.2, 0.25) is 10.0 Å². The summed E-state index contributed by atoms with van der Waals surface area (Å²) < 4.78 is 32.6. The Morgan fingerprint density at radius 2 is 1.73 bits per heavy atom. The summed E-state index contributed by atoms with van der Waals surface area (Å²) in [5, 5.41) is 3.04. The quantitative estimate of drug-likeness (QED) is 0.852. The van der Waals surface area contributed by atoms with Gasteiger partial charge in [-0.1, -0.05) is 25.7 Å². The summed E-state index contributed by atoms with van der Waals surface area (Å²) in [5.41, 5.74) is 0.288. The number of carbonyl (C=O) groups excluding carboxylic acids is 1. The van der Waals surface area contributed by atoms with Crippen molar-refractivity contribution < 1.29 is 17.9 Å². The SMILES string of the molecule is COc1ccc(S(=O)(=O)N2CCCCC2)cc1C(=O)NC1CCCCC1. The third-order valence-electron chi connectivity index (χ3n) is 5.31. The van der Waals surface area contributed by atoms with E-state index < -0.39 is 10.0 Å². The van der Waals surface area contributed by atoms with E-state index in [1.54, 1.807) is 6.07 Å². The second kappa shape index (κ2) is 8.39. The van der Waals surface area contributed by atoms with Gasteiger partial charge in [-0.2, -0.15) is 4.31 Å². The molecule has 0 bridgehead atoms. The number of hydrogen-bond acceptors (Lipinski definition) is 4. The third kappa shape index (κ3) is 4.20. The van der Waals surface area contributed by atoms with Crippen molar-refractivity contribution in [3.05, 3.63) is 23.8 Å². The zero-order valence-electron chi connectivity index (χ0n) is 15.4. The van der Waals surface area contributed by atoms with Gasteiger partial charge in [-0.3, -0.25) is 4.79 Å². The van der Waals surface area contributed by atoms with E-state index in [2.05, 4.69) is 5.32 Å². The molecular weight excluding hydrogens is 352 g/mol. The highest BCUT2D eigenvalue weighted by molar-refractivity contribution is 7.89. The number of benzene rings is 1. The molecule has 2 fully saturated rings. The van der Waals surface area contributed by atoms with E-state index in [-0.39, 0.29) is 22.4 Å². The molecule has 1 aliphatic heterocycles. The van der Waals surface area contributed by atoms with Gasteiger partial charge in [0.15, 0.2) is 0 Å². The molecule has 1 saturated carbocycles. The minimum Gasteiger partial charge on any atom is -0.496 e. The van der Waals surface area contributed by atoms with Crippen LogP contribution in [0, 0.1) is 0 Å². The van der Waals surface area contributed by atoms with Gasteiger partial charge in [0.25, 0.3) is 5.91 Å². The molecule has 1 aliphatic carbocycles. The summed E-state index contributed by atoms with van der Waals surface area (Å²) in [6.45, 7) is 1.08. The molecule has 0 unspecified atom stereocenters. The molecular formula is C19H28N2O4S. The lowest BCUT2D eigenvalue weighted by Gasteiger charge is -2.26. The van der Waals surface area contributed by atoms with Gasteiger partial charge in [0, 0.05) is 19.1 Å². The van der Waals surface area contributed by atoms with Gasteiger partial charge >= 0.3 is 0 Å². The Labute approximate surface area is 156 Å². The number of hydrogen-bond donors (Lipinski definition) is 1. The van der Waals surface area contributed by atoms with Crippen LogP contribution >= 0.6 is 0 Å². The van der Waals surface area contributed by atoms with Crippen molar-refractivity contribution >= 4 is 15.9 Å². The van der Waals surface area contributed by atoms with Crippen molar-refractivity contribution in [2.45, 2.75) is 62.3 Å². The second-order valence-corrected chi connectivity index (χ2v) is 9.07. The van der Waals surface area contributed by atoms with Gasteiger partial charge in [-0.15, -0.1) is 0 Å². The van der Waals surface area contributed by atoms with E-state index >= 15 is 0 Å². The van der Waals surface area contributed by atoms with Crippen LogP contribution in [0.25, 0.3) is 0 Å². The second-order valence-electron chi connectivity index (χ2n) is 7.14. The molecule has 0 aromatic heterocycles. The average Bonchev–Trinajstić information content (AvgIpc) is 2.69. The number of sulfonamides is 1. The smallest absolute Gasteiger partial charge is 0.255 e. The summed E-state index contributed by atoms with van der Waals surface area (Å²) >= 11 is 0. The number of amides is 1. The molecule has 0 atom stereocenters. The minimum atomic E-state index is -3.58. The molecule has 1 aromatic rings. The molecule has 7 heteroatoms. The number of nitrogens with one attached hydrogen (secondary N) is 1. The molecule has 3 rings (SSSR count). The number of carbonyl (C=O) groups is 1. The average molecular weight is 381 g/mol. The standard InChI is InChI=1S/C19H28N2O4S/c1-25-18-11-10-16(26(23,24)21-12-6-3-7-13-21)14-17(18)19(22)20-15-8-4-2-5-9-15/h10-11,14-15H,2-9,12-13H2,1H3,(H,20,22). The Bertz CT molecular complexity index is 736. The first-order valence-electron chi connectivity index (χ1n) is 9.51. The van der Waals surface area contributed by atoms with Gasteiger partial charge in [-0.25, -0.2) is 8.42 Å². The lowest BCUT2D eigenvalue weighted by Crippen LogP contribution is -2.37. The normalized spacial score (nSPS) is 19.9. The van der Waals surface area contributed by atoms with Crippen LogP contribution in [0.4, 0.5) is 0 Å². The molecule has 26 heavy (non-hydrogen) atoms. The van der Waals surface area contributed by atoms with Crippen molar-refractivity contribution in [1.82, 2.24) is 9.62 Å². The zero-order valence-corrected chi connectivity index (χ0v) is 16.2. The van der Waals surface area contributed by atoms with Crippen LogP contribution in [-0.4, -0.2) is 44.9 Å². The number of piperidine rings is 1. The Morgan fingerprint density at radius 1 is 1.08 bits per heavy atom. The Balaban J connectivity index is 1.84. The molecule has 144 valence electrons. The molecule has 1 heterocycles. The van der Waals surface area contributed by atoms with E-state index in [1.165, 1.54) is 30.0 Å². The highest BCUT2D eigenvalue weighted by atomic mass is 32.2. The first-order chi connectivity index (χ1) is 12.5. The lowest BCUT2D eigenvalue weighted by atomic mass is 9.95. The predicted molar refractivity (Wildman–Crippen MR) is 99.9 cm³/mol. The molecule has 6 nitrogen and oxygen atoms in total.